The van der Waals surface area contributed by atoms with Gasteiger partial charge in [-0.25, -0.2) is 4.98 Å². The van der Waals surface area contributed by atoms with Crippen molar-refractivity contribution in [2.24, 2.45) is 0 Å². The number of aromatic nitrogens is 2. The molecule has 0 aliphatic heterocycles. The Morgan fingerprint density at radius 2 is 2.45 bits per heavy atom. The molecule has 0 saturated heterocycles. The molecule has 0 bridgehead atoms. The molecule has 1 saturated carbocycles. The van der Waals surface area contributed by atoms with Crippen LogP contribution in [0, 0.1) is 0 Å². The van der Waals surface area contributed by atoms with Crippen molar-refractivity contribution in [3.63, 3.8) is 0 Å². The molecule has 0 atom stereocenters. The maximum Gasteiger partial charge on any atom is 0.200 e. The number of hydrogen-bond donors (Lipinski definition) is 2. The van der Waals surface area contributed by atoms with Crippen molar-refractivity contribution in [2.75, 3.05) is 12.4 Å². The number of rotatable bonds is 2. The highest BCUT2D eigenvalue weighted by Gasteiger charge is 2.20. The molecule has 1 aromatic rings. The monoisotopic (exact) mass is 151 g/mol. The molecule has 0 aromatic carbocycles. The van der Waals surface area contributed by atoms with Crippen LogP contribution in [0.3, 0.4) is 0 Å². The second-order valence-electron chi connectivity index (χ2n) is 3.06. The smallest absolute Gasteiger partial charge is 0.200 e. The summed E-state index contributed by atoms with van der Waals surface area (Å²) in [5, 5.41) is 2.98. The summed E-state index contributed by atoms with van der Waals surface area (Å²) in [5.74, 6) is 1.64. The molecule has 0 amide bonds. The fraction of sp³-hybridized carbons (Fsp3) is 0.625. The van der Waals surface area contributed by atoms with E-state index in [4.69, 9.17) is 0 Å². The standard InChI is InChI=1S/C8H13N3/c1-9-8-10-5-7(11-8)6-3-2-4-6/h5-6H,2-4H2,1H3,(H2,9,10,11). The fourth-order valence-corrected chi connectivity index (χ4v) is 1.39. The van der Waals surface area contributed by atoms with E-state index in [0.29, 0.717) is 0 Å². The molecule has 0 spiro atoms. The minimum atomic E-state index is 0.754. The molecule has 1 aromatic heterocycles. The highest BCUT2D eigenvalue weighted by atomic mass is 15.1. The van der Waals surface area contributed by atoms with Gasteiger partial charge < -0.3 is 10.3 Å². The Hall–Kier alpha value is -0.990. The minimum absolute atomic E-state index is 0.754. The molecule has 0 unspecified atom stereocenters. The van der Waals surface area contributed by atoms with Gasteiger partial charge in [-0.1, -0.05) is 6.42 Å². The summed E-state index contributed by atoms with van der Waals surface area (Å²) in [4.78, 5) is 7.41. The maximum absolute atomic E-state index is 4.17. The molecule has 1 fully saturated rings. The number of nitrogens with one attached hydrogen (secondary N) is 2. The molecule has 11 heavy (non-hydrogen) atoms. The lowest BCUT2D eigenvalue weighted by atomic mass is 9.83. The van der Waals surface area contributed by atoms with Gasteiger partial charge in [0.1, 0.15) is 0 Å². The third-order valence-electron chi connectivity index (χ3n) is 2.38. The number of aromatic amines is 1. The Bertz CT molecular complexity index is 237. The van der Waals surface area contributed by atoms with Crippen molar-refractivity contribution in [3.05, 3.63) is 11.9 Å². The molecule has 2 N–H and O–H groups in total. The number of imidazole rings is 1. The molecular formula is C8H13N3. The Morgan fingerprint density at radius 3 is 2.91 bits per heavy atom. The molecule has 0 radical (unpaired) electrons. The number of hydrogen-bond acceptors (Lipinski definition) is 2. The molecule has 1 aliphatic rings. The third kappa shape index (κ3) is 1.11. The highest BCUT2D eigenvalue weighted by molar-refractivity contribution is 5.26. The van der Waals surface area contributed by atoms with Gasteiger partial charge in [0.2, 0.25) is 0 Å². The van der Waals surface area contributed by atoms with E-state index in [9.17, 15) is 0 Å². The van der Waals surface area contributed by atoms with Crippen molar-refractivity contribution >= 4 is 5.95 Å². The summed E-state index contributed by atoms with van der Waals surface area (Å²) < 4.78 is 0. The Balaban J connectivity index is 2.11. The second-order valence-corrected chi connectivity index (χ2v) is 3.06. The first-order valence-electron chi connectivity index (χ1n) is 4.13. The van der Waals surface area contributed by atoms with Gasteiger partial charge in [0.05, 0.1) is 6.20 Å². The molecule has 1 heterocycles. The van der Waals surface area contributed by atoms with Gasteiger partial charge in [0, 0.05) is 18.7 Å². The van der Waals surface area contributed by atoms with Crippen LogP contribution in [-0.4, -0.2) is 17.0 Å². The summed E-state index contributed by atoms with van der Waals surface area (Å²) in [7, 11) is 1.88. The van der Waals surface area contributed by atoms with Crippen molar-refractivity contribution in [1.29, 1.82) is 0 Å². The van der Waals surface area contributed by atoms with Gasteiger partial charge in [-0.2, -0.15) is 0 Å². The second kappa shape index (κ2) is 2.57. The molecule has 3 heteroatoms. The van der Waals surface area contributed by atoms with E-state index in [0.717, 1.165) is 11.9 Å². The van der Waals surface area contributed by atoms with E-state index in [1.54, 1.807) is 0 Å². The van der Waals surface area contributed by atoms with Crippen molar-refractivity contribution in [2.45, 2.75) is 25.2 Å². The van der Waals surface area contributed by atoms with Gasteiger partial charge in [0.15, 0.2) is 5.95 Å². The van der Waals surface area contributed by atoms with Crippen LogP contribution in [0.5, 0.6) is 0 Å². The third-order valence-corrected chi connectivity index (χ3v) is 2.38. The Kier molecular flexibility index (Phi) is 1.56. The van der Waals surface area contributed by atoms with Gasteiger partial charge in [0.25, 0.3) is 0 Å². The zero-order valence-electron chi connectivity index (χ0n) is 6.72. The number of anilines is 1. The summed E-state index contributed by atoms with van der Waals surface area (Å²) >= 11 is 0. The average Bonchev–Trinajstić information content (AvgIpc) is 2.32. The van der Waals surface area contributed by atoms with E-state index < -0.39 is 0 Å². The van der Waals surface area contributed by atoms with Crippen LogP contribution < -0.4 is 5.32 Å². The summed E-state index contributed by atoms with van der Waals surface area (Å²) in [6.45, 7) is 0. The lowest BCUT2D eigenvalue weighted by Crippen LogP contribution is -2.08. The maximum atomic E-state index is 4.17. The van der Waals surface area contributed by atoms with E-state index in [2.05, 4.69) is 15.3 Å². The van der Waals surface area contributed by atoms with E-state index in [1.165, 1.54) is 25.0 Å². The topological polar surface area (TPSA) is 40.7 Å². The Labute approximate surface area is 66.2 Å². The minimum Gasteiger partial charge on any atom is -0.359 e. The quantitative estimate of drug-likeness (QED) is 0.675. The van der Waals surface area contributed by atoms with Crippen molar-refractivity contribution in [3.8, 4) is 0 Å². The van der Waals surface area contributed by atoms with Crippen LogP contribution in [0.1, 0.15) is 30.9 Å². The summed E-state index contributed by atoms with van der Waals surface area (Å²) in [5.41, 5.74) is 1.29. The van der Waals surface area contributed by atoms with Crippen molar-refractivity contribution < 1.29 is 0 Å². The SMILES string of the molecule is CNc1ncc(C2CCC2)[nH]1. The van der Waals surface area contributed by atoms with Gasteiger partial charge in [-0.3, -0.25) is 0 Å². The van der Waals surface area contributed by atoms with Crippen LogP contribution in [0.2, 0.25) is 0 Å². The van der Waals surface area contributed by atoms with Gasteiger partial charge in [-0.05, 0) is 12.8 Å². The average molecular weight is 151 g/mol. The highest BCUT2D eigenvalue weighted by Crippen LogP contribution is 2.35. The zero-order chi connectivity index (χ0) is 7.68. The largest absolute Gasteiger partial charge is 0.359 e. The first-order valence-corrected chi connectivity index (χ1v) is 4.13. The van der Waals surface area contributed by atoms with Gasteiger partial charge in [-0.15, -0.1) is 0 Å². The molecule has 3 nitrogen and oxygen atoms in total. The summed E-state index contributed by atoms with van der Waals surface area (Å²) in [6, 6.07) is 0. The first kappa shape index (κ1) is 6.70. The molecule has 2 rings (SSSR count). The van der Waals surface area contributed by atoms with Crippen LogP contribution in [0.15, 0.2) is 6.20 Å². The van der Waals surface area contributed by atoms with Crippen molar-refractivity contribution in [1.82, 2.24) is 9.97 Å². The molecular weight excluding hydrogens is 138 g/mol. The van der Waals surface area contributed by atoms with E-state index in [-0.39, 0.29) is 0 Å². The molecule has 60 valence electrons. The summed E-state index contributed by atoms with van der Waals surface area (Å²) in [6.07, 6.45) is 5.96. The fourth-order valence-electron chi connectivity index (χ4n) is 1.39. The van der Waals surface area contributed by atoms with E-state index in [1.807, 2.05) is 13.2 Å². The lowest BCUT2D eigenvalue weighted by Gasteiger charge is -2.23. The van der Waals surface area contributed by atoms with Crippen LogP contribution in [0.25, 0.3) is 0 Å². The normalized spacial score (nSPS) is 17.9. The lowest BCUT2D eigenvalue weighted by molar-refractivity contribution is 0.412. The Morgan fingerprint density at radius 1 is 1.64 bits per heavy atom. The number of H-pyrrole nitrogens is 1. The van der Waals surface area contributed by atoms with Crippen LogP contribution >= 0.6 is 0 Å². The number of nitrogens with zero attached hydrogens (tertiary/aromatic N) is 1. The zero-order valence-corrected chi connectivity index (χ0v) is 6.72. The predicted molar refractivity (Wildman–Crippen MR) is 44.7 cm³/mol. The van der Waals surface area contributed by atoms with E-state index >= 15 is 0 Å². The van der Waals surface area contributed by atoms with Crippen LogP contribution in [0.4, 0.5) is 5.95 Å². The van der Waals surface area contributed by atoms with Crippen LogP contribution in [-0.2, 0) is 0 Å². The first-order chi connectivity index (χ1) is 5.40. The predicted octanol–water partition coefficient (Wildman–Crippen LogP) is 1.72. The van der Waals surface area contributed by atoms with Gasteiger partial charge >= 0.3 is 0 Å². The molecule has 1 aliphatic carbocycles.